The second kappa shape index (κ2) is 7.05. The van der Waals surface area contributed by atoms with E-state index in [2.05, 4.69) is 22.4 Å². The third kappa shape index (κ3) is 3.94. The first-order chi connectivity index (χ1) is 10.7. The molecule has 0 aliphatic heterocycles. The molecule has 1 N–H and O–H groups in total. The van der Waals surface area contributed by atoms with Gasteiger partial charge in [0.25, 0.3) is 0 Å². The standard InChI is InChI=1S/C16H21N3O2S/c1-11-2-4-13(5-3-11)17-14(20)6-7-15-18-16(19-21-15)12-8-9-22-10-12/h8-11,13H,2-7H2,1H3,(H,17,20). The Balaban J connectivity index is 1.45. The van der Waals surface area contributed by atoms with Crippen LogP contribution in [0.15, 0.2) is 21.3 Å². The number of aryl methyl sites for hydroxylation is 1. The first kappa shape index (κ1) is 15.2. The van der Waals surface area contributed by atoms with Crippen LogP contribution >= 0.6 is 11.3 Å². The maximum atomic E-state index is 12.0. The number of amides is 1. The smallest absolute Gasteiger partial charge is 0.227 e. The van der Waals surface area contributed by atoms with Gasteiger partial charge in [-0.1, -0.05) is 12.1 Å². The van der Waals surface area contributed by atoms with Crippen molar-refractivity contribution in [3.05, 3.63) is 22.7 Å². The monoisotopic (exact) mass is 319 g/mol. The predicted octanol–water partition coefficient (Wildman–Crippen LogP) is 3.43. The molecule has 3 rings (SSSR count). The highest BCUT2D eigenvalue weighted by molar-refractivity contribution is 7.08. The summed E-state index contributed by atoms with van der Waals surface area (Å²) in [5.74, 6) is 1.99. The molecule has 118 valence electrons. The highest BCUT2D eigenvalue weighted by Gasteiger charge is 2.20. The summed E-state index contributed by atoms with van der Waals surface area (Å²) in [7, 11) is 0. The van der Waals surface area contributed by atoms with Gasteiger partial charge in [-0.3, -0.25) is 4.79 Å². The van der Waals surface area contributed by atoms with E-state index in [4.69, 9.17) is 4.52 Å². The zero-order chi connectivity index (χ0) is 15.4. The Morgan fingerprint density at radius 1 is 1.41 bits per heavy atom. The molecule has 1 fully saturated rings. The van der Waals surface area contributed by atoms with E-state index < -0.39 is 0 Å². The van der Waals surface area contributed by atoms with Crippen molar-refractivity contribution < 1.29 is 9.32 Å². The Labute approximate surface area is 134 Å². The van der Waals surface area contributed by atoms with Crippen molar-refractivity contribution in [3.63, 3.8) is 0 Å². The summed E-state index contributed by atoms with van der Waals surface area (Å²) >= 11 is 1.60. The van der Waals surface area contributed by atoms with Gasteiger partial charge in [-0.15, -0.1) is 0 Å². The van der Waals surface area contributed by atoms with Crippen LogP contribution in [0.3, 0.4) is 0 Å². The lowest BCUT2D eigenvalue weighted by Crippen LogP contribution is -2.37. The second-order valence-corrected chi connectivity index (χ2v) is 6.83. The molecular formula is C16H21N3O2S. The fourth-order valence-electron chi connectivity index (χ4n) is 2.79. The van der Waals surface area contributed by atoms with E-state index >= 15 is 0 Å². The van der Waals surface area contributed by atoms with E-state index in [9.17, 15) is 4.79 Å². The molecule has 0 bridgehead atoms. The number of carbonyl (C=O) groups excluding carboxylic acids is 1. The van der Waals surface area contributed by atoms with Gasteiger partial charge in [0.2, 0.25) is 17.6 Å². The van der Waals surface area contributed by atoms with E-state index in [-0.39, 0.29) is 5.91 Å². The van der Waals surface area contributed by atoms with Crippen LogP contribution in [0, 0.1) is 5.92 Å². The minimum Gasteiger partial charge on any atom is -0.353 e. The van der Waals surface area contributed by atoms with E-state index in [1.54, 1.807) is 11.3 Å². The maximum Gasteiger partial charge on any atom is 0.227 e. The fourth-order valence-corrected chi connectivity index (χ4v) is 3.42. The summed E-state index contributed by atoms with van der Waals surface area (Å²) in [4.78, 5) is 16.3. The zero-order valence-corrected chi connectivity index (χ0v) is 13.6. The molecule has 1 aliphatic rings. The summed E-state index contributed by atoms with van der Waals surface area (Å²) in [5.41, 5.74) is 0.959. The highest BCUT2D eigenvalue weighted by Crippen LogP contribution is 2.23. The molecule has 1 aliphatic carbocycles. The SMILES string of the molecule is CC1CCC(NC(=O)CCc2nc(-c3ccsc3)no2)CC1. The lowest BCUT2D eigenvalue weighted by atomic mass is 9.87. The van der Waals surface area contributed by atoms with Crippen molar-refractivity contribution in [2.75, 3.05) is 0 Å². The zero-order valence-electron chi connectivity index (χ0n) is 12.7. The summed E-state index contributed by atoms with van der Waals surface area (Å²) < 4.78 is 5.21. The van der Waals surface area contributed by atoms with Gasteiger partial charge in [0.1, 0.15) is 0 Å². The van der Waals surface area contributed by atoms with E-state index in [0.717, 1.165) is 24.3 Å². The van der Waals surface area contributed by atoms with Gasteiger partial charge in [-0.05, 0) is 43.0 Å². The molecule has 0 radical (unpaired) electrons. The van der Waals surface area contributed by atoms with Gasteiger partial charge >= 0.3 is 0 Å². The molecule has 0 aromatic carbocycles. The number of hydrogen-bond donors (Lipinski definition) is 1. The van der Waals surface area contributed by atoms with Crippen LogP contribution < -0.4 is 5.32 Å². The average Bonchev–Trinajstić information content (AvgIpc) is 3.18. The van der Waals surface area contributed by atoms with Gasteiger partial charge in [-0.2, -0.15) is 16.3 Å². The molecule has 0 atom stereocenters. The molecule has 0 saturated heterocycles. The van der Waals surface area contributed by atoms with Crippen LogP contribution in [0.4, 0.5) is 0 Å². The van der Waals surface area contributed by atoms with Crippen LogP contribution in [-0.4, -0.2) is 22.1 Å². The molecule has 22 heavy (non-hydrogen) atoms. The number of aromatic nitrogens is 2. The molecule has 0 unspecified atom stereocenters. The Hall–Kier alpha value is -1.69. The molecule has 5 nitrogen and oxygen atoms in total. The topological polar surface area (TPSA) is 68.0 Å². The summed E-state index contributed by atoms with van der Waals surface area (Å²) in [6, 6.07) is 2.29. The minimum atomic E-state index is 0.0786. The van der Waals surface area contributed by atoms with Crippen LogP contribution in [0.1, 0.15) is 44.9 Å². The number of nitrogens with one attached hydrogen (secondary N) is 1. The first-order valence-electron chi connectivity index (χ1n) is 7.85. The number of rotatable bonds is 5. The van der Waals surface area contributed by atoms with Gasteiger partial charge in [0.15, 0.2) is 0 Å². The molecule has 0 spiro atoms. The fraction of sp³-hybridized carbons (Fsp3) is 0.562. The normalized spacial score (nSPS) is 21.7. The lowest BCUT2D eigenvalue weighted by Gasteiger charge is -2.26. The first-order valence-corrected chi connectivity index (χ1v) is 8.79. The Morgan fingerprint density at radius 2 is 2.23 bits per heavy atom. The summed E-state index contributed by atoms with van der Waals surface area (Å²) in [5, 5.41) is 11.0. The van der Waals surface area contributed by atoms with Crippen molar-refractivity contribution in [1.29, 1.82) is 0 Å². The molecule has 2 heterocycles. The third-order valence-electron chi connectivity index (χ3n) is 4.19. The number of carbonyl (C=O) groups is 1. The average molecular weight is 319 g/mol. The van der Waals surface area contributed by atoms with Crippen LogP contribution in [-0.2, 0) is 11.2 Å². The van der Waals surface area contributed by atoms with E-state index in [1.807, 2.05) is 16.8 Å². The van der Waals surface area contributed by atoms with E-state index in [1.165, 1.54) is 12.8 Å². The quantitative estimate of drug-likeness (QED) is 0.917. The van der Waals surface area contributed by atoms with Gasteiger partial charge in [0, 0.05) is 29.8 Å². The predicted molar refractivity (Wildman–Crippen MR) is 85.5 cm³/mol. The largest absolute Gasteiger partial charge is 0.353 e. The summed E-state index contributed by atoms with van der Waals surface area (Å²) in [6.45, 7) is 2.28. The van der Waals surface area contributed by atoms with Crippen LogP contribution in [0.5, 0.6) is 0 Å². The lowest BCUT2D eigenvalue weighted by molar-refractivity contribution is -0.122. The number of thiophene rings is 1. The molecule has 6 heteroatoms. The van der Waals surface area contributed by atoms with Crippen molar-refractivity contribution >= 4 is 17.2 Å². The molecule has 2 aromatic rings. The highest BCUT2D eigenvalue weighted by atomic mass is 32.1. The van der Waals surface area contributed by atoms with E-state index in [0.29, 0.717) is 30.6 Å². The van der Waals surface area contributed by atoms with Crippen molar-refractivity contribution in [2.45, 2.75) is 51.5 Å². The van der Waals surface area contributed by atoms with Gasteiger partial charge in [-0.25, -0.2) is 0 Å². The van der Waals surface area contributed by atoms with Gasteiger partial charge < -0.3 is 9.84 Å². The van der Waals surface area contributed by atoms with Crippen molar-refractivity contribution in [1.82, 2.24) is 15.5 Å². The molecule has 1 amide bonds. The second-order valence-electron chi connectivity index (χ2n) is 6.05. The number of nitrogens with zero attached hydrogens (tertiary/aromatic N) is 2. The maximum absolute atomic E-state index is 12.0. The van der Waals surface area contributed by atoms with Gasteiger partial charge in [0.05, 0.1) is 0 Å². The molecule has 2 aromatic heterocycles. The Bertz CT molecular complexity index is 601. The summed E-state index contributed by atoms with van der Waals surface area (Å²) in [6.07, 6.45) is 5.49. The number of hydrogen-bond acceptors (Lipinski definition) is 5. The third-order valence-corrected chi connectivity index (χ3v) is 4.88. The van der Waals surface area contributed by atoms with Crippen LogP contribution in [0.2, 0.25) is 0 Å². The van der Waals surface area contributed by atoms with Crippen molar-refractivity contribution in [3.8, 4) is 11.4 Å². The van der Waals surface area contributed by atoms with Crippen molar-refractivity contribution in [2.24, 2.45) is 5.92 Å². The minimum absolute atomic E-state index is 0.0786. The van der Waals surface area contributed by atoms with Crippen LogP contribution in [0.25, 0.3) is 11.4 Å². The Morgan fingerprint density at radius 3 is 2.95 bits per heavy atom. The Kier molecular flexibility index (Phi) is 4.87. The molecule has 1 saturated carbocycles. The molecular weight excluding hydrogens is 298 g/mol.